The minimum Gasteiger partial charge on any atom is -0.305 e. The zero-order valence-electron chi connectivity index (χ0n) is 12.3. The molecule has 2 rings (SSSR count). The van der Waals surface area contributed by atoms with Gasteiger partial charge in [-0.15, -0.1) is 0 Å². The average Bonchev–Trinajstić information content (AvgIpc) is 2.66. The third kappa shape index (κ3) is 3.17. The number of aromatic nitrogens is 2. The monoisotopic (exact) mass is 272 g/mol. The normalized spacial score (nSPS) is 12.0. The van der Waals surface area contributed by atoms with Crippen molar-refractivity contribution >= 4 is 6.21 Å². The number of aryl methyl sites for hydroxylation is 1. The highest BCUT2D eigenvalue weighted by Gasteiger charge is 2.11. The summed E-state index contributed by atoms with van der Waals surface area (Å²) in [5.41, 5.74) is 4.91. The van der Waals surface area contributed by atoms with Crippen LogP contribution in [0.2, 0.25) is 0 Å². The van der Waals surface area contributed by atoms with Gasteiger partial charge in [0.1, 0.15) is 0 Å². The predicted octanol–water partition coefficient (Wildman–Crippen LogP) is 2.20. The largest absolute Gasteiger partial charge is 0.305 e. The van der Waals surface area contributed by atoms with Crippen molar-refractivity contribution in [3.8, 4) is 5.69 Å². The SMILES string of the molecule is Cc1[nH]n(-c2ccccc2)c(=O)c1C=NNC(C)(C)C. The van der Waals surface area contributed by atoms with Crippen LogP contribution in [0.4, 0.5) is 0 Å². The molecule has 0 saturated carbocycles. The van der Waals surface area contributed by atoms with Crippen molar-refractivity contribution in [2.24, 2.45) is 5.10 Å². The first-order valence-corrected chi connectivity index (χ1v) is 6.56. The van der Waals surface area contributed by atoms with Crippen molar-refractivity contribution in [3.05, 3.63) is 51.9 Å². The Balaban J connectivity index is 2.33. The molecule has 106 valence electrons. The maximum atomic E-state index is 12.4. The molecule has 1 heterocycles. The van der Waals surface area contributed by atoms with Crippen LogP contribution in [0, 0.1) is 6.92 Å². The quantitative estimate of drug-likeness (QED) is 0.664. The van der Waals surface area contributed by atoms with Crippen LogP contribution < -0.4 is 11.0 Å². The summed E-state index contributed by atoms with van der Waals surface area (Å²) in [6.45, 7) is 7.89. The van der Waals surface area contributed by atoms with Gasteiger partial charge in [-0.05, 0) is 39.8 Å². The first kappa shape index (κ1) is 14.1. The Morgan fingerprint density at radius 3 is 2.50 bits per heavy atom. The second-order valence-corrected chi connectivity index (χ2v) is 5.75. The Kier molecular flexibility index (Phi) is 3.79. The number of benzene rings is 1. The fourth-order valence-electron chi connectivity index (χ4n) is 1.76. The summed E-state index contributed by atoms with van der Waals surface area (Å²) in [6.07, 6.45) is 1.57. The van der Waals surface area contributed by atoms with Crippen molar-refractivity contribution < 1.29 is 0 Å². The minimum absolute atomic E-state index is 0.104. The number of nitrogens with zero attached hydrogens (tertiary/aromatic N) is 2. The number of aromatic amines is 1. The van der Waals surface area contributed by atoms with Crippen molar-refractivity contribution in [1.82, 2.24) is 15.2 Å². The summed E-state index contributed by atoms with van der Waals surface area (Å²) in [4.78, 5) is 12.4. The van der Waals surface area contributed by atoms with Gasteiger partial charge < -0.3 is 5.43 Å². The van der Waals surface area contributed by atoms with E-state index in [2.05, 4.69) is 15.6 Å². The zero-order valence-corrected chi connectivity index (χ0v) is 12.3. The molecule has 0 amide bonds. The van der Waals surface area contributed by atoms with Gasteiger partial charge in [0.05, 0.1) is 17.5 Å². The van der Waals surface area contributed by atoms with Gasteiger partial charge in [-0.25, -0.2) is 4.68 Å². The molecular weight excluding hydrogens is 252 g/mol. The molecule has 0 spiro atoms. The summed E-state index contributed by atoms with van der Waals surface area (Å²) in [5.74, 6) is 0. The number of hydrogen-bond donors (Lipinski definition) is 2. The fraction of sp³-hybridized carbons (Fsp3) is 0.333. The molecule has 2 aromatic rings. The molecule has 0 fully saturated rings. The van der Waals surface area contributed by atoms with Crippen LogP contribution in [-0.2, 0) is 0 Å². The van der Waals surface area contributed by atoms with Gasteiger partial charge in [0.2, 0.25) is 0 Å². The number of hydrazone groups is 1. The molecule has 5 nitrogen and oxygen atoms in total. The fourth-order valence-corrected chi connectivity index (χ4v) is 1.76. The molecule has 0 unspecified atom stereocenters. The van der Waals surface area contributed by atoms with Gasteiger partial charge in [0, 0.05) is 11.2 Å². The first-order chi connectivity index (χ1) is 9.38. The molecule has 20 heavy (non-hydrogen) atoms. The maximum Gasteiger partial charge on any atom is 0.280 e. The Hall–Kier alpha value is -2.30. The van der Waals surface area contributed by atoms with E-state index < -0.39 is 0 Å². The second kappa shape index (κ2) is 5.36. The van der Waals surface area contributed by atoms with Crippen molar-refractivity contribution in [2.45, 2.75) is 33.2 Å². The van der Waals surface area contributed by atoms with Crippen LogP contribution in [0.15, 0.2) is 40.2 Å². The van der Waals surface area contributed by atoms with Crippen LogP contribution in [0.3, 0.4) is 0 Å². The molecule has 1 aromatic carbocycles. The molecule has 2 N–H and O–H groups in total. The van der Waals surface area contributed by atoms with Crippen LogP contribution in [0.5, 0.6) is 0 Å². The molecular formula is C15H20N4O. The lowest BCUT2D eigenvalue weighted by Gasteiger charge is -2.16. The number of hydrogen-bond acceptors (Lipinski definition) is 3. The Labute approximate surface area is 118 Å². The molecule has 1 aromatic heterocycles. The smallest absolute Gasteiger partial charge is 0.280 e. The summed E-state index contributed by atoms with van der Waals surface area (Å²) < 4.78 is 1.52. The Bertz CT molecular complexity index is 659. The molecule has 0 saturated heterocycles. The highest BCUT2D eigenvalue weighted by atomic mass is 16.1. The van der Waals surface area contributed by atoms with Crippen molar-refractivity contribution in [3.63, 3.8) is 0 Å². The molecule has 0 atom stereocenters. The van der Waals surface area contributed by atoms with E-state index in [9.17, 15) is 4.79 Å². The van der Waals surface area contributed by atoms with Gasteiger partial charge in [-0.1, -0.05) is 18.2 Å². The summed E-state index contributed by atoms with van der Waals surface area (Å²) in [6, 6.07) is 9.47. The molecule has 0 radical (unpaired) electrons. The third-order valence-corrected chi connectivity index (χ3v) is 2.73. The lowest BCUT2D eigenvalue weighted by molar-refractivity contribution is 0.442. The number of para-hydroxylation sites is 1. The molecule has 0 aliphatic carbocycles. The van der Waals surface area contributed by atoms with Crippen molar-refractivity contribution in [1.29, 1.82) is 0 Å². The predicted molar refractivity (Wildman–Crippen MR) is 81.6 cm³/mol. The van der Waals surface area contributed by atoms with Gasteiger partial charge in [0.15, 0.2) is 0 Å². The van der Waals surface area contributed by atoms with Gasteiger partial charge in [-0.3, -0.25) is 9.89 Å². The van der Waals surface area contributed by atoms with Gasteiger partial charge >= 0.3 is 0 Å². The van der Waals surface area contributed by atoms with Crippen molar-refractivity contribution in [2.75, 3.05) is 0 Å². The van der Waals surface area contributed by atoms with Gasteiger partial charge in [0.25, 0.3) is 5.56 Å². The maximum absolute atomic E-state index is 12.4. The zero-order chi connectivity index (χ0) is 14.8. The highest BCUT2D eigenvalue weighted by Crippen LogP contribution is 2.05. The summed E-state index contributed by atoms with van der Waals surface area (Å²) in [5, 5.41) is 7.20. The minimum atomic E-state index is -0.126. The van der Waals surface area contributed by atoms with E-state index in [0.29, 0.717) is 5.56 Å². The lowest BCUT2D eigenvalue weighted by atomic mass is 10.1. The molecule has 5 heteroatoms. The summed E-state index contributed by atoms with van der Waals surface area (Å²) >= 11 is 0. The van der Waals surface area contributed by atoms with E-state index in [1.807, 2.05) is 58.0 Å². The Morgan fingerprint density at radius 2 is 1.90 bits per heavy atom. The standard InChI is InChI=1S/C15H20N4O/c1-11-13(10-16-18-15(2,3)4)14(20)19(17-11)12-8-6-5-7-9-12/h5-10,17-18H,1-4H3. The van der Waals surface area contributed by atoms with Crippen LogP contribution in [0.25, 0.3) is 5.69 Å². The van der Waals surface area contributed by atoms with Crippen LogP contribution >= 0.6 is 0 Å². The van der Waals surface area contributed by atoms with Gasteiger partial charge in [-0.2, -0.15) is 5.10 Å². The first-order valence-electron chi connectivity index (χ1n) is 6.56. The Morgan fingerprint density at radius 1 is 1.25 bits per heavy atom. The highest BCUT2D eigenvalue weighted by molar-refractivity contribution is 5.80. The van der Waals surface area contributed by atoms with Crippen LogP contribution in [0.1, 0.15) is 32.0 Å². The van der Waals surface area contributed by atoms with E-state index in [1.165, 1.54) is 4.68 Å². The topological polar surface area (TPSA) is 62.2 Å². The lowest BCUT2D eigenvalue weighted by Crippen LogP contribution is -2.31. The third-order valence-electron chi connectivity index (χ3n) is 2.73. The van der Waals surface area contributed by atoms with E-state index in [1.54, 1.807) is 6.21 Å². The summed E-state index contributed by atoms with van der Waals surface area (Å²) in [7, 11) is 0. The number of nitrogens with one attached hydrogen (secondary N) is 2. The average molecular weight is 272 g/mol. The molecule has 0 bridgehead atoms. The van der Waals surface area contributed by atoms with E-state index in [0.717, 1.165) is 11.4 Å². The van der Waals surface area contributed by atoms with Crippen LogP contribution in [-0.4, -0.2) is 21.5 Å². The number of H-pyrrole nitrogens is 1. The second-order valence-electron chi connectivity index (χ2n) is 5.75. The number of rotatable bonds is 3. The van der Waals surface area contributed by atoms with E-state index in [-0.39, 0.29) is 11.1 Å². The van der Waals surface area contributed by atoms with E-state index in [4.69, 9.17) is 0 Å². The molecule has 0 aliphatic heterocycles. The van der Waals surface area contributed by atoms with E-state index >= 15 is 0 Å². The molecule has 0 aliphatic rings.